The molecular weight excluding hydrogens is 313 g/mol. The van der Waals surface area contributed by atoms with Gasteiger partial charge in [0, 0.05) is 12.0 Å². The first-order chi connectivity index (χ1) is 11.5. The van der Waals surface area contributed by atoms with Gasteiger partial charge in [0.15, 0.2) is 0 Å². The highest BCUT2D eigenvalue weighted by Crippen LogP contribution is 2.41. The summed E-state index contributed by atoms with van der Waals surface area (Å²) >= 11 is 0. The van der Waals surface area contributed by atoms with Crippen LogP contribution < -0.4 is 11.1 Å². The highest BCUT2D eigenvalue weighted by atomic mass is 19.1. The van der Waals surface area contributed by atoms with E-state index in [1.165, 1.54) is 12.1 Å². The predicted molar refractivity (Wildman–Crippen MR) is 88.1 cm³/mol. The van der Waals surface area contributed by atoms with E-state index in [2.05, 4.69) is 15.3 Å². The molecule has 3 N–H and O–H groups in total. The molecule has 1 aromatic heterocycles. The summed E-state index contributed by atoms with van der Waals surface area (Å²) in [6, 6.07) is 6.56. The van der Waals surface area contributed by atoms with Gasteiger partial charge in [-0.2, -0.15) is 4.98 Å². The molecule has 7 nitrogen and oxygen atoms in total. The molecule has 3 rings (SSSR count). The van der Waals surface area contributed by atoms with Gasteiger partial charge >= 0.3 is 5.69 Å². The summed E-state index contributed by atoms with van der Waals surface area (Å²) in [5.74, 6) is -0.169. The van der Waals surface area contributed by atoms with Crippen LogP contribution in [-0.4, -0.2) is 21.4 Å². The Morgan fingerprint density at radius 3 is 2.54 bits per heavy atom. The van der Waals surface area contributed by atoms with Crippen molar-refractivity contribution in [2.75, 3.05) is 17.6 Å². The Balaban J connectivity index is 1.79. The highest BCUT2D eigenvalue weighted by Gasteiger charge is 2.35. The average Bonchev–Trinajstić information content (AvgIpc) is 3.03. The van der Waals surface area contributed by atoms with Crippen molar-refractivity contribution in [2.24, 2.45) is 0 Å². The van der Waals surface area contributed by atoms with Crippen LogP contribution >= 0.6 is 0 Å². The molecule has 0 saturated heterocycles. The Morgan fingerprint density at radius 2 is 1.96 bits per heavy atom. The Labute approximate surface area is 138 Å². The van der Waals surface area contributed by atoms with Crippen LogP contribution in [0.2, 0.25) is 0 Å². The van der Waals surface area contributed by atoms with Gasteiger partial charge in [-0.3, -0.25) is 10.1 Å². The lowest BCUT2D eigenvalue weighted by Gasteiger charge is -2.30. The maximum Gasteiger partial charge on any atom is 0.329 e. The molecule has 8 heteroatoms. The number of nitrogens with one attached hydrogen (secondary N) is 1. The summed E-state index contributed by atoms with van der Waals surface area (Å²) in [4.78, 5) is 18.0. The molecule has 0 spiro atoms. The first kappa shape index (κ1) is 16.1. The topological polar surface area (TPSA) is 107 Å². The number of nitrogens with two attached hydrogens (primary N) is 1. The molecule has 2 aromatic rings. The van der Waals surface area contributed by atoms with Crippen molar-refractivity contribution in [3.8, 4) is 0 Å². The van der Waals surface area contributed by atoms with E-state index in [-0.39, 0.29) is 28.7 Å². The number of nitrogens with zero attached hydrogens (tertiary/aromatic N) is 3. The van der Waals surface area contributed by atoms with E-state index < -0.39 is 4.92 Å². The molecule has 1 fully saturated rings. The largest absolute Gasteiger partial charge is 0.378 e. The van der Waals surface area contributed by atoms with Gasteiger partial charge in [0.05, 0.1) is 4.92 Å². The van der Waals surface area contributed by atoms with E-state index in [0.29, 0.717) is 6.54 Å². The van der Waals surface area contributed by atoms with Gasteiger partial charge in [-0.25, -0.2) is 9.37 Å². The first-order valence-corrected chi connectivity index (χ1v) is 7.77. The van der Waals surface area contributed by atoms with E-state index in [4.69, 9.17) is 5.73 Å². The van der Waals surface area contributed by atoms with Crippen LogP contribution in [-0.2, 0) is 5.41 Å². The fourth-order valence-electron chi connectivity index (χ4n) is 3.29. The molecule has 24 heavy (non-hydrogen) atoms. The number of nitro groups is 1. The lowest BCUT2D eigenvalue weighted by atomic mass is 9.79. The zero-order valence-corrected chi connectivity index (χ0v) is 13.0. The van der Waals surface area contributed by atoms with Crippen molar-refractivity contribution >= 4 is 17.5 Å². The monoisotopic (exact) mass is 331 g/mol. The zero-order valence-electron chi connectivity index (χ0n) is 13.0. The van der Waals surface area contributed by atoms with Crippen LogP contribution in [0.3, 0.4) is 0 Å². The molecule has 0 radical (unpaired) electrons. The van der Waals surface area contributed by atoms with Crippen LogP contribution in [0.25, 0.3) is 0 Å². The number of nitrogen functional groups attached to an aromatic ring is 1. The third-order valence-electron chi connectivity index (χ3n) is 4.60. The first-order valence-electron chi connectivity index (χ1n) is 7.77. The average molecular weight is 331 g/mol. The third-order valence-corrected chi connectivity index (χ3v) is 4.60. The predicted octanol–water partition coefficient (Wildman–Crippen LogP) is 3.03. The Morgan fingerprint density at radius 1 is 1.29 bits per heavy atom. The maximum atomic E-state index is 13.2. The molecule has 0 aliphatic heterocycles. The fraction of sp³-hybridized carbons (Fsp3) is 0.375. The summed E-state index contributed by atoms with van der Waals surface area (Å²) in [7, 11) is 0. The summed E-state index contributed by atoms with van der Waals surface area (Å²) in [6.07, 6.45) is 5.26. The molecule has 0 bridgehead atoms. The van der Waals surface area contributed by atoms with Crippen LogP contribution in [0.5, 0.6) is 0 Å². The number of aromatic nitrogens is 2. The van der Waals surface area contributed by atoms with Gasteiger partial charge in [0.1, 0.15) is 12.0 Å². The molecule has 0 unspecified atom stereocenters. The van der Waals surface area contributed by atoms with Crippen molar-refractivity contribution < 1.29 is 9.31 Å². The van der Waals surface area contributed by atoms with E-state index in [1.807, 2.05) is 12.1 Å². The number of hydrogen-bond acceptors (Lipinski definition) is 6. The lowest BCUT2D eigenvalue weighted by Crippen LogP contribution is -2.32. The Kier molecular flexibility index (Phi) is 4.28. The molecule has 1 aromatic carbocycles. The van der Waals surface area contributed by atoms with Gasteiger partial charge in [-0.05, 0) is 30.5 Å². The minimum absolute atomic E-state index is 0.117. The molecule has 1 aliphatic rings. The van der Waals surface area contributed by atoms with Crippen LogP contribution in [0.15, 0.2) is 30.5 Å². The number of hydrogen-bond donors (Lipinski definition) is 2. The van der Waals surface area contributed by atoms with Gasteiger partial charge in [0.25, 0.3) is 0 Å². The minimum atomic E-state index is -0.615. The van der Waals surface area contributed by atoms with Crippen molar-refractivity contribution in [2.45, 2.75) is 31.1 Å². The summed E-state index contributed by atoms with van der Waals surface area (Å²) < 4.78 is 13.2. The van der Waals surface area contributed by atoms with Crippen LogP contribution in [0.1, 0.15) is 31.2 Å². The molecule has 0 amide bonds. The SMILES string of the molecule is Nc1nc(NCC2(c3ccc(F)cc3)CCCC2)ncc1[N+](=O)[O-]. The molecule has 126 valence electrons. The second-order valence-electron chi connectivity index (χ2n) is 6.07. The number of benzene rings is 1. The molecule has 1 saturated carbocycles. The van der Waals surface area contributed by atoms with Gasteiger partial charge in [-0.1, -0.05) is 25.0 Å². The lowest BCUT2D eigenvalue weighted by molar-refractivity contribution is -0.384. The van der Waals surface area contributed by atoms with Crippen molar-refractivity contribution in [1.29, 1.82) is 0 Å². The van der Waals surface area contributed by atoms with Gasteiger partial charge < -0.3 is 11.1 Å². The minimum Gasteiger partial charge on any atom is -0.378 e. The summed E-state index contributed by atoms with van der Waals surface area (Å²) in [5.41, 5.74) is 6.24. The van der Waals surface area contributed by atoms with Gasteiger partial charge in [0.2, 0.25) is 11.8 Å². The van der Waals surface area contributed by atoms with E-state index >= 15 is 0 Å². The normalized spacial score (nSPS) is 16.0. The summed E-state index contributed by atoms with van der Waals surface area (Å²) in [5, 5.41) is 13.9. The third kappa shape index (κ3) is 3.12. The molecular formula is C16H18FN5O2. The van der Waals surface area contributed by atoms with Crippen molar-refractivity contribution in [1.82, 2.24) is 9.97 Å². The zero-order chi connectivity index (χ0) is 17.2. The maximum absolute atomic E-state index is 13.2. The van der Waals surface area contributed by atoms with Crippen LogP contribution in [0, 0.1) is 15.9 Å². The van der Waals surface area contributed by atoms with Crippen LogP contribution in [0.4, 0.5) is 21.8 Å². The quantitative estimate of drug-likeness (QED) is 0.644. The number of halogens is 1. The van der Waals surface area contributed by atoms with Crippen molar-refractivity contribution in [3.05, 3.63) is 52.0 Å². The van der Waals surface area contributed by atoms with E-state index in [0.717, 1.165) is 37.4 Å². The number of anilines is 2. The molecule has 1 heterocycles. The Bertz CT molecular complexity index is 745. The van der Waals surface area contributed by atoms with E-state index in [9.17, 15) is 14.5 Å². The smallest absolute Gasteiger partial charge is 0.329 e. The van der Waals surface area contributed by atoms with Crippen molar-refractivity contribution in [3.63, 3.8) is 0 Å². The second-order valence-corrected chi connectivity index (χ2v) is 6.07. The Hall–Kier alpha value is -2.77. The molecule has 1 aliphatic carbocycles. The van der Waals surface area contributed by atoms with Gasteiger partial charge in [-0.15, -0.1) is 0 Å². The number of rotatable bonds is 5. The fourth-order valence-corrected chi connectivity index (χ4v) is 3.29. The summed E-state index contributed by atoms with van der Waals surface area (Å²) in [6.45, 7) is 0.565. The van der Waals surface area contributed by atoms with E-state index in [1.54, 1.807) is 0 Å². The second kappa shape index (κ2) is 6.38. The standard InChI is InChI=1S/C16H18FN5O2/c17-12-5-3-11(4-6-12)16(7-1-2-8-16)10-20-15-19-9-13(22(23)24)14(18)21-15/h3-6,9H,1-2,7-8,10H2,(H3,18,19,20,21). The molecule has 0 atom stereocenters. The highest BCUT2D eigenvalue weighted by molar-refractivity contribution is 5.53.